The van der Waals surface area contributed by atoms with Gasteiger partial charge in [-0.25, -0.2) is 9.36 Å². The topological polar surface area (TPSA) is 138 Å². The van der Waals surface area contributed by atoms with E-state index in [9.17, 15) is 18.9 Å². The van der Waals surface area contributed by atoms with Crippen molar-refractivity contribution in [2.75, 3.05) is 13.2 Å². The normalized spacial score (nSPS) is 20.0. The lowest BCUT2D eigenvalue weighted by Crippen LogP contribution is -2.36. The predicted octanol–water partition coefficient (Wildman–Crippen LogP) is 2.43. The molecule has 0 saturated heterocycles. The van der Waals surface area contributed by atoms with E-state index in [1.54, 1.807) is 49.4 Å². The molecule has 0 amide bonds. The van der Waals surface area contributed by atoms with Gasteiger partial charge in [0.05, 0.1) is 13.2 Å². The van der Waals surface area contributed by atoms with E-state index in [0.717, 1.165) is 0 Å². The van der Waals surface area contributed by atoms with Crippen molar-refractivity contribution in [2.24, 2.45) is 0 Å². The van der Waals surface area contributed by atoms with Crippen LogP contribution >= 0.6 is 7.75 Å². The fraction of sp³-hybridized carbons (Fsp3) is 0.409. The zero-order valence-electron chi connectivity index (χ0n) is 19.1. The third-order valence-corrected chi connectivity index (χ3v) is 6.40. The van der Waals surface area contributed by atoms with Crippen LogP contribution in [0.4, 0.5) is 0 Å². The highest BCUT2D eigenvalue weighted by atomic mass is 31.2. The van der Waals surface area contributed by atoms with Crippen molar-refractivity contribution < 1.29 is 27.9 Å². The summed E-state index contributed by atoms with van der Waals surface area (Å²) in [6.07, 6.45) is 3.87. The Bertz CT molecular complexity index is 1180. The number of H-pyrrole nitrogens is 1. The number of hydrogen-bond acceptors (Lipinski definition) is 8. The molecule has 0 saturated carbocycles. The van der Waals surface area contributed by atoms with Crippen LogP contribution in [-0.2, 0) is 23.4 Å². The first kappa shape index (κ1) is 25.6. The molecule has 12 heteroatoms. The standard InChI is InChI=1S/C22H28N3O8P/c1-4-12-30-21(27)16(3)24-34(29,33-17-8-6-5-7-9-17)31-14-18-10-11-19(32-18)25-13-15(2)20(26)23-22(25)28/h5-11,13,16,18-19H,4,12,14H2,1-3H3,(H,24,29)(H,23,26,28)/t16?,18-,19+,34?/m0/s1. The molecule has 0 aliphatic carbocycles. The van der Waals surface area contributed by atoms with Crippen LogP contribution in [-0.4, -0.2) is 40.9 Å². The molecule has 11 nitrogen and oxygen atoms in total. The first-order valence-electron chi connectivity index (χ1n) is 10.8. The summed E-state index contributed by atoms with van der Waals surface area (Å²) in [4.78, 5) is 38.1. The van der Waals surface area contributed by atoms with Crippen LogP contribution in [0.15, 0.2) is 58.3 Å². The minimum atomic E-state index is -4.03. The van der Waals surface area contributed by atoms with Crippen LogP contribution in [0, 0.1) is 6.92 Å². The van der Waals surface area contributed by atoms with Gasteiger partial charge >= 0.3 is 19.4 Å². The highest BCUT2D eigenvalue weighted by Gasteiger charge is 2.34. The number of carbonyl (C=O) groups excluding carboxylic acids is 1. The average Bonchev–Trinajstić information content (AvgIpc) is 3.28. The molecule has 0 spiro atoms. The second kappa shape index (κ2) is 11.4. The van der Waals surface area contributed by atoms with Crippen molar-refractivity contribution in [3.8, 4) is 5.75 Å². The number of hydrogen-bond donors (Lipinski definition) is 2. The highest BCUT2D eigenvalue weighted by molar-refractivity contribution is 7.52. The molecule has 1 aromatic carbocycles. The minimum absolute atomic E-state index is 0.197. The van der Waals surface area contributed by atoms with E-state index in [0.29, 0.717) is 12.0 Å². The molecule has 34 heavy (non-hydrogen) atoms. The number of benzene rings is 1. The molecule has 1 aliphatic heterocycles. The van der Waals surface area contributed by atoms with Crippen molar-refractivity contribution in [3.05, 3.63) is 75.1 Å². The lowest BCUT2D eigenvalue weighted by atomic mass is 10.3. The number of aromatic amines is 1. The van der Waals surface area contributed by atoms with Crippen LogP contribution in [0.5, 0.6) is 5.75 Å². The van der Waals surface area contributed by atoms with Crippen LogP contribution < -0.4 is 20.9 Å². The van der Waals surface area contributed by atoms with E-state index < -0.39 is 43.3 Å². The maximum atomic E-state index is 13.5. The molecular formula is C22H28N3O8P. The van der Waals surface area contributed by atoms with Gasteiger partial charge < -0.3 is 14.0 Å². The quantitative estimate of drug-likeness (QED) is 0.275. The molecule has 1 aromatic heterocycles. The van der Waals surface area contributed by atoms with Crippen molar-refractivity contribution in [2.45, 2.75) is 45.6 Å². The van der Waals surface area contributed by atoms with E-state index in [1.807, 2.05) is 6.92 Å². The maximum absolute atomic E-state index is 13.5. The van der Waals surface area contributed by atoms with Crippen LogP contribution in [0.25, 0.3) is 0 Å². The van der Waals surface area contributed by atoms with Crippen molar-refractivity contribution >= 4 is 13.7 Å². The van der Waals surface area contributed by atoms with Crippen molar-refractivity contribution in [1.29, 1.82) is 0 Å². The molecule has 184 valence electrons. The number of esters is 1. The summed E-state index contributed by atoms with van der Waals surface area (Å²) in [5.74, 6) is -0.310. The van der Waals surface area contributed by atoms with Gasteiger partial charge in [-0.15, -0.1) is 0 Å². The second-order valence-corrected chi connectivity index (χ2v) is 9.34. The van der Waals surface area contributed by atoms with Gasteiger partial charge in [-0.3, -0.25) is 23.7 Å². The van der Waals surface area contributed by atoms with Crippen LogP contribution in [0.3, 0.4) is 0 Å². The maximum Gasteiger partial charge on any atom is 0.459 e. The molecule has 2 N–H and O–H groups in total. The molecule has 2 heterocycles. The Morgan fingerprint density at radius 1 is 1.26 bits per heavy atom. The lowest BCUT2D eigenvalue weighted by molar-refractivity contribution is -0.145. The van der Waals surface area contributed by atoms with E-state index in [1.165, 1.54) is 17.7 Å². The van der Waals surface area contributed by atoms with Gasteiger partial charge in [0.1, 0.15) is 17.9 Å². The number of rotatable bonds is 11. The molecule has 0 fully saturated rings. The van der Waals surface area contributed by atoms with Gasteiger partial charge in [0.2, 0.25) is 0 Å². The zero-order valence-corrected chi connectivity index (χ0v) is 20.0. The number of nitrogens with zero attached hydrogens (tertiary/aromatic N) is 1. The Hall–Kier alpha value is -2.98. The zero-order chi connectivity index (χ0) is 24.7. The Labute approximate surface area is 196 Å². The van der Waals surface area contributed by atoms with Gasteiger partial charge in [0.25, 0.3) is 5.56 Å². The SMILES string of the molecule is CCCOC(=O)C(C)NP(=O)(OC[C@@H]1C=C[C@H](n2cc(C)c(=O)[nH]c2=O)O1)Oc1ccccc1. The van der Waals surface area contributed by atoms with E-state index in [-0.39, 0.29) is 19.0 Å². The Kier molecular flexibility index (Phi) is 8.62. The first-order chi connectivity index (χ1) is 16.2. The third kappa shape index (κ3) is 6.77. The molecule has 0 radical (unpaired) electrons. The van der Waals surface area contributed by atoms with Crippen molar-refractivity contribution in [1.82, 2.24) is 14.6 Å². The molecule has 2 aromatic rings. The number of carbonyl (C=O) groups is 1. The molecule has 0 bridgehead atoms. The molecule has 1 aliphatic rings. The van der Waals surface area contributed by atoms with Crippen LogP contribution in [0.2, 0.25) is 0 Å². The van der Waals surface area contributed by atoms with Gasteiger partial charge in [-0.2, -0.15) is 5.09 Å². The third-order valence-electron chi connectivity index (χ3n) is 4.76. The predicted molar refractivity (Wildman–Crippen MR) is 124 cm³/mol. The Balaban J connectivity index is 1.68. The van der Waals surface area contributed by atoms with Gasteiger partial charge in [0.15, 0.2) is 6.23 Å². The summed E-state index contributed by atoms with van der Waals surface area (Å²) in [6.45, 7) is 4.97. The van der Waals surface area contributed by atoms with E-state index in [4.69, 9.17) is 18.5 Å². The summed E-state index contributed by atoms with van der Waals surface area (Å²) >= 11 is 0. The minimum Gasteiger partial charge on any atom is -0.465 e. The van der Waals surface area contributed by atoms with E-state index in [2.05, 4.69) is 10.1 Å². The number of para-hydroxylation sites is 1. The summed E-state index contributed by atoms with van der Waals surface area (Å²) in [5.41, 5.74) is -0.740. The molecule has 3 rings (SSSR count). The summed E-state index contributed by atoms with van der Waals surface area (Å²) in [5, 5.41) is 2.60. The molecular weight excluding hydrogens is 465 g/mol. The summed E-state index contributed by atoms with van der Waals surface area (Å²) in [7, 11) is -4.03. The van der Waals surface area contributed by atoms with Crippen molar-refractivity contribution in [3.63, 3.8) is 0 Å². The average molecular weight is 493 g/mol. The lowest BCUT2D eigenvalue weighted by Gasteiger charge is -2.24. The second-order valence-electron chi connectivity index (χ2n) is 7.64. The Morgan fingerprint density at radius 2 is 2.00 bits per heavy atom. The smallest absolute Gasteiger partial charge is 0.459 e. The first-order valence-corrected chi connectivity index (χ1v) is 12.3. The van der Waals surface area contributed by atoms with Gasteiger partial charge in [-0.1, -0.05) is 31.2 Å². The monoisotopic (exact) mass is 493 g/mol. The number of ether oxygens (including phenoxy) is 2. The fourth-order valence-corrected chi connectivity index (χ4v) is 4.52. The Morgan fingerprint density at radius 3 is 2.71 bits per heavy atom. The molecule has 4 atom stereocenters. The fourth-order valence-electron chi connectivity index (χ4n) is 3.02. The van der Waals surface area contributed by atoms with E-state index >= 15 is 0 Å². The number of nitrogens with one attached hydrogen (secondary N) is 2. The molecule has 2 unspecified atom stereocenters. The number of aromatic nitrogens is 2. The van der Waals surface area contributed by atoms with Gasteiger partial charge in [0, 0.05) is 11.8 Å². The summed E-state index contributed by atoms with van der Waals surface area (Å²) < 4.78 is 36.8. The van der Waals surface area contributed by atoms with Gasteiger partial charge in [-0.05, 0) is 38.5 Å². The van der Waals surface area contributed by atoms with Crippen LogP contribution in [0.1, 0.15) is 32.1 Å². The summed E-state index contributed by atoms with van der Waals surface area (Å²) in [6, 6.07) is 7.42. The highest BCUT2D eigenvalue weighted by Crippen LogP contribution is 2.45. The largest absolute Gasteiger partial charge is 0.465 e. The number of aryl methyl sites for hydroxylation is 1.